The summed E-state index contributed by atoms with van der Waals surface area (Å²) in [5.74, 6) is 0.332. The van der Waals surface area contributed by atoms with Crippen molar-refractivity contribution in [1.29, 1.82) is 0 Å². The number of alkyl halides is 3. The van der Waals surface area contributed by atoms with E-state index in [0.29, 0.717) is 17.1 Å². The van der Waals surface area contributed by atoms with Crippen LogP contribution in [0.1, 0.15) is 46.6 Å². The summed E-state index contributed by atoms with van der Waals surface area (Å²) in [6.45, 7) is 3.18. The summed E-state index contributed by atoms with van der Waals surface area (Å²) in [5.41, 5.74) is 7.44. The number of aryl methyl sites for hydroxylation is 1. The van der Waals surface area contributed by atoms with Gasteiger partial charge in [-0.25, -0.2) is 4.98 Å². The van der Waals surface area contributed by atoms with Crippen molar-refractivity contribution < 1.29 is 22.8 Å². The molecule has 0 bridgehead atoms. The lowest BCUT2D eigenvalue weighted by Gasteiger charge is -2.29. The fraction of sp³-hybridized carbons (Fsp3) is 0.476. The molecule has 0 saturated carbocycles. The first-order valence-electron chi connectivity index (χ1n) is 10.1. The molecule has 2 aromatic rings. The van der Waals surface area contributed by atoms with E-state index < -0.39 is 25.1 Å². The third kappa shape index (κ3) is 5.56. The molecular weight excluding hydrogens is 411 g/mol. The number of nitrogens with two attached hydrogens (primary N) is 1. The molecule has 168 valence electrons. The van der Waals surface area contributed by atoms with Crippen LogP contribution in [0.5, 0.6) is 0 Å². The van der Waals surface area contributed by atoms with E-state index in [-0.39, 0.29) is 17.1 Å². The quantitative estimate of drug-likeness (QED) is 0.310. The Morgan fingerprint density at radius 1 is 1.23 bits per heavy atom. The standard InChI is InChI=1S/C21H26F3N5O2/c1-14-11-17(15(2)29(14)13-21(22,23)24)18(30)12-31-27-19(25)16-7-6-8-26-20(16)28-9-4-3-5-10-28/h6-8,11H,3-5,9-10,12-13H2,1-2H3,(H2,25,27). The van der Waals surface area contributed by atoms with Crippen LogP contribution in [0.25, 0.3) is 0 Å². The summed E-state index contributed by atoms with van der Waals surface area (Å²) in [5, 5.41) is 3.85. The number of Topliss-reactive ketones (excluding diaryl/α,β-unsaturated/α-hetero) is 1. The lowest BCUT2D eigenvalue weighted by Crippen LogP contribution is -2.32. The summed E-state index contributed by atoms with van der Waals surface area (Å²) in [6.07, 6.45) is 0.633. The molecule has 1 saturated heterocycles. The molecule has 0 aliphatic carbocycles. The molecule has 0 unspecified atom stereocenters. The number of ketones is 1. The number of hydrogen-bond acceptors (Lipinski definition) is 5. The zero-order valence-electron chi connectivity index (χ0n) is 17.6. The van der Waals surface area contributed by atoms with E-state index in [0.717, 1.165) is 30.5 Å². The zero-order chi connectivity index (χ0) is 22.6. The van der Waals surface area contributed by atoms with Crippen molar-refractivity contribution in [3.63, 3.8) is 0 Å². The predicted octanol–water partition coefficient (Wildman–Crippen LogP) is 3.57. The molecule has 0 amide bonds. The van der Waals surface area contributed by atoms with Gasteiger partial charge in [0.05, 0.1) is 5.56 Å². The average Bonchev–Trinajstić information content (AvgIpc) is 3.01. The van der Waals surface area contributed by atoms with E-state index in [1.807, 2.05) is 0 Å². The van der Waals surface area contributed by atoms with Crippen LogP contribution < -0.4 is 10.6 Å². The summed E-state index contributed by atoms with van der Waals surface area (Å²) in [7, 11) is 0. The van der Waals surface area contributed by atoms with Crippen molar-refractivity contribution in [2.75, 3.05) is 24.6 Å². The molecule has 0 radical (unpaired) electrons. The van der Waals surface area contributed by atoms with Crippen molar-refractivity contribution in [3.8, 4) is 0 Å². The molecular formula is C21H26F3N5O2. The number of hydrogen-bond donors (Lipinski definition) is 1. The SMILES string of the molecule is Cc1cc(C(=O)CO/N=C(/N)c2cccnc2N2CCCCC2)c(C)n1CC(F)(F)F. The van der Waals surface area contributed by atoms with Gasteiger partial charge < -0.3 is 20.0 Å². The van der Waals surface area contributed by atoms with Gasteiger partial charge in [0.15, 0.2) is 12.4 Å². The van der Waals surface area contributed by atoms with E-state index in [1.54, 1.807) is 18.3 Å². The largest absolute Gasteiger partial charge is 0.406 e. The van der Waals surface area contributed by atoms with E-state index >= 15 is 0 Å². The Kier molecular flexibility index (Phi) is 6.87. The smallest absolute Gasteiger partial charge is 0.386 e. The maximum atomic E-state index is 12.8. The number of amidine groups is 1. The van der Waals surface area contributed by atoms with Crippen LogP contribution in [0.3, 0.4) is 0 Å². The fourth-order valence-electron chi connectivity index (χ4n) is 3.75. The second kappa shape index (κ2) is 9.40. The molecule has 2 N–H and O–H groups in total. The van der Waals surface area contributed by atoms with Crippen LogP contribution in [0.2, 0.25) is 0 Å². The first-order chi connectivity index (χ1) is 14.7. The Morgan fingerprint density at radius 2 is 1.94 bits per heavy atom. The minimum Gasteiger partial charge on any atom is -0.386 e. The maximum absolute atomic E-state index is 12.8. The van der Waals surface area contributed by atoms with Crippen LogP contribution >= 0.6 is 0 Å². The second-order valence-electron chi connectivity index (χ2n) is 7.58. The summed E-state index contributed by atoms with van der Waals surface area (Å²) < 4.78 is 39.3. The van der Waals surface area contributed by atoms with Crippen LogP contribution in [-0.4, -0.2) is 47.0 Å². The molecule has 3 rings (SSSR count). The maximum Gasteiger partial charge on any atom is 0.406 e. The van der Waals surface area contributed by atoms with Gasteiger partial charge in [0.1, 0.15) is 12.4 Å². The van der Waals surface area contributed by atoms with Gasteiger partial charge in [0, 0.05) is 36.2 Å². The number of piperidine rings is 1. The van der Waals surface area contributed by atoms with E-state index in [2.05, 4.69) is 15.0 Å². The first-order valence-corrected chi connectivity index (χ1v) is 10.1. The van der Waals surface area contributed by atoms with Crippen molar-refractivity contribution in [1.82, 2.24) is 9.55 Å². The second-order valence-corrected chi connectivity index (χ2v) is 7.58. The Morgan fingerprint density at radius 3 is 2.61 bits per heavy atom. The number of aromatic nitrogens is 2. The van der Waals surface area contributed by atoms with Crippen LogP contribution in [0.15, 0.2) is 29.6 Å². The molecule has 1 aliphatic heterocycles. The lowest BCUT2D eigenvalue weighted by molar-refractivity contribution is -0.141. The Labute approximate surface area is 178 Å². The number of pyridine rings is 1. The van der Waals surface area contributed by atoms with Gasteiger partial charge in [-0.05, 0) is 51.3 Å². The van der Waals surface area contributed by atoms with Gasteiger partial charge in [-0.1, -0.05) is 5.16 Å². The van der Waals surface area contributed by atoms with Crippen LogP contribution in [0, 0.1) is 13.8 Å². The lowest BCUT2D eigenvalue weighted by atomic mass is 10.1. The molecule has 0 spiro atoms. The van der Waals surface area contributed by atoms with Crippen LogP contribution in [-0.2, 0) is 11.4 Å². The minimum absolute atomic E-state index is 0.0871. The van der Waals surface area contributed by atoms with Crippen molar-refractivity contribution in [3.05, 3.63) is 46.9 Å². The van der Waals surface area contributed by atoms with Gasteiger partial charge >= 0.3 is 6.18 Å². The molecule has 3 heterocycles. The van der Waals surface area contributed by atoms with Crippen LogP contribution in [0.4, 0.5) is 19.0 Å². The van der Waals surface area contributed by atoms with Gasteiger partial charge in [-0.2, -0.15) is 13.2 Å². The number of anilines is 1. The number of oxime groups is 1. The number of halogens is 3. The number of rotatable bonds is 7. The van der Waals surface area contributed by atoms with Crippen molar-refractivity contribution in [2.24, 2.45) is 10.9 Å². The molecule has 0 aromatic carbocycles. The predicted molar refractivity (Wildman–Crippen MR) is 111 cm³/mol. The molecule has 1 fully saturated rings. The molecule has 7 nitrogen and oxygen atoms in total. The average molecular weight is 437 g/mol. The molecule has 0 atom stereocenters. The number of carbonyl (C=O) groups excluding carboxylic acids is 1. The summed E-state index contributed by atoms with van der Waals surface area (Å²) in [4.78, 5) is 24.2. The molecule has 2 aromatic heterocycles. The van der Waals surface area contributed by atoms with Gasteiger partial charge in [0.25, 0.3) is 0 Å². The Hall–Kier alpha value is -3.04. The monoisotopic (exact) mass is 437 g/mol. The third-order valence-corrected chi connectivity index (χ3v) is 5.29. The molecule has 10 heteroatoms. The van der Waals surface area contributed by atoms with Gasteiger partial charge in [-0.15, -0.1) is 0 Å². The third-order valence-electron chi connectivity index (χ3n) is 5.29. The Bertz CT molecular complexity index is 962. The van der Waals surface area contributed by atoms with Crippen molar-refractivity contribution >= 4 is 17.4 Å². The highest BCUT2D eigenvalue weighted by molar-refractivity contribution is 6.02. The molecule has 1 aliphatic rings. The summed E-state index contributed by atoms with van der Waals surface area (Å²) >= 11 is 0. The number of carbonyl (C=O) groups is 1. The highest BCUT2D eigenvalue weighted by Gasteiger charge is 2.30. The minimum atomic E-state index is -4.38. The van der Waals surface area contributed by atoms with E-state index in [4.69, 9.17) is 10.6 Å². The fourth-order valence-corrected chi connectivity index (χ4v) is 3.75. The topological polar surface area (TPSA) is 85.7 Å². The molecule has 31 heavy (non-hydrogen) atoms. The van der Waals surface area contributed by atoms with Gasteiger partial charge in [-0.3, -0.25) is 4.79 Å². The number of nitrogens with zero attached hydrogens (tertiary/aromatic N) is 4. The van der Waals surface area contributed by atoms with E-state index in [9.17, 15) is 18.0 Å². The Balaban J connectivity index is 1.69. The first kappa shape index (κ1) is 22.6. The zero-order valence-corrected chi connectivity index (χ0v) is 17.6. The van der Waals surface area contributed by atoms with E-state index in [1.165, 1.54) is 26.3 Å². The highest BCUT2D eigenvalue weighted by Crippen LogP contribution is 2.24. The van der Waals surface area contributed by atoms with Gasteiger partial charge in [0.2, 0.25) is 5.78 Å². The normalized spacial score (nSPS) is 15.3. The van der Waals surface area contributed by atoms with Crippen molar-refractivity contribution in [2.45, 2.75) is 45.8 Å². The highest BCUT2D eigenvalue weighted by atomic mass is 19.4. The summed E-state index contributed by atoms with van der Waals surface area (Å²) in [6, 6.07) is 4.95.